The van der Waals surface area contributed by atoms with E-state index in [0.717, 1.165) is 18.4 Å². The van der Waals surface area contributed by atoms with Crippen LogP contribution < -0.4 is 5.32 Å². The van der Waals surface area contributed by atoms with E-state index >= 15 is 0 Å². The summed E-state index contributed by atoms with van der Waals surface area (Å²) in [6.45, 7) is 1.92. The van der Waals surface area contributed by atoms with Crippen molar-refractivity contribution in [1.82, 2.24) is 5.32 Å². The van der Waals surface area contributed by atoms with Crippen LogP contribution in [0.15, 0.2) is 53.4 Å². The molecular formula is C19H23NO4S. The number of nitrogens with one attached hydrogen (secondary N) is 1. The first kappa shape index (κ1) is 18.1. The minimum atomic E-state index is -3.84. The lowest BCUT2D eigenvalue weighted by molar-refractivity contribution is 0.107. The lowest BCUT2D eigenvalue weighted by Gasteiger charge is -2.16. The van der Waals surface area contributed by atoms with Gasteiger partial charge in [-0.25, -0.2) is 0 Å². The number of hydrogen-bond acceptors (Lipinski definition) is 5. The standard InChI is InChI=1S/C19H23NO4S/c1-14-6-8-19(9-7-14)25(22,23)24-13-18(21)12-20-17-10-15-4-2-3-5-16(15)11-17/h2-9,17-18,20-21H,10-13H2,1H3/t18-/m0/s1. The van der Waals surface area contributed by atoms with Gasteiger partial charge in [0.25, 0.3) is 10.1 Å². The highest BCUT2D eigenvalue weighted by Gasteiger charge is 2.22. The van der Waals surface area contributed by atoms with E-state index in [1.165, 1.54) is 23.3 Å². The molecule has 1 aliphatic carbocycles. The predicted molar refractivity (Wildman–Crippen MR) is 96.0 cm³/mol. The van der Waals surface area contributed by atoms with Crippen molar-refractivity contribution in [3.05, 3.63) is 65.2 Å². The second kappa shape index (κ2) is 7.66. The maximum atomic E-state index is 12.1. The molecule has 0 bridgehead atoms. The lowest BCUT2D eigenvalue weighted by atomic mass is 10.1. The fourth-order valence-corrected chi connectivity index (χ4v) is 3.95. The molecule has 0 saturated heterocycles. The number of fused-ring (bicyclic) bond motifs is 1. The van der Waals surface area contributed by atoms with Crippen molar-refractivity contribution in [3.8, 4) is 0 Å². The summed E-state index contributed by atoms with van der Waals surface area (Å²) in [7, 11) is -3.84. The summed E-state index contributed by atoms with van der Waals surface area (Å²) in [4.78, 5) is 0.101. The molecule has 0 saturated carbocycles. The van der Waals surface area contributed by atoms with Crippen LogP contribution in [-0.2, 0) is 27.1 Å². The van der Waals surface area contributed by atoms with Crippen molar-refractivity contribution >= 4 is 10.1 Å². The molecule has 2 N–H and O–H groups in total. The van der Waals surface area contributed by atoms with Gasteiger partial charge in [0, 0.05) is 12.6 Å². The van der Waals surface area contributed by atoms with Gasteiger partial charge in [0.15, 0.2) is 0 Å². The fourth-order valence-electron chi connectivity index (χ4n) is 3.01. The van der Waals surface area contributed by atoms with Crippen LogP contribution in [0.3, 0.4) is 0 Å². The van der Waals surface area contributed by atoms with Crippen LogP contribution in [0, 0.1) is 6.92 Å². The van der Waals surface area contributed by atoms with Gasteiger partial charge in [0.05, 0.1) is 17.6 Å². The second-order valence-corrected chi connectivity index (χ2v) is 8.10. The Hall–Kier alpha value is -1.73. The first-order chi connectivity index (χ1) is 11.9. The van der Waals surface area contributed by atoms with E-state index in [0.29, 0.717) is 6.54 Å². The molecule has 0 aromatic heterocycles. The molecule has 0 spiro atoms. The maximum absolute atomic E-state index is 12.1. The molecule has 0 heterocycles. The van der Waals surface area contributed by atoms with E-state index in [-0.39, 0.29) is 17.5 Å². The minimum absolute atomic E-state index is 0.101. The summed E-state index contributed by atoms with van der Waals surface area (Å²) in [5, 5.41) is 13.3. The van der Waals surface area contributed by atoms with Crippen molar-refractivity contribution in [2.45, 2.75) is 36.8 Å². The molecule has 6 heteroatoms. The number of aryl methyl sites for hydroxylation is 1. The summed E-state index contributed by atoms with van der Waals surface area (Å²) in [5.41, 5.74) is 3.63. The predicted octanol–water partition coefficient (Wildman–Crippen LogP) is 1.82. The van der Waals surface area contributed by atoms with Gasteiger partial charge in [-0.3, -0.25) is 4.18 Å². The Morgan fingerprint density at radius 2 is 1.72 bits per heavy atom. The smallest absolute Gasteiger partial charge is 0.297 e. The van der Waals surface area contributed by atoms with Crippen molar-refractivity contribution in [1.29, 1.82) is 0 Å². The molecule has 0 unspecified atom stereocenters. The van der Waals surface area contributed by atoms with Gasteiger partial charge in [-0.2, -0.15) is 8.42 Å². The van der Waals surface area contributed by atoms with E-state index in [4.69, 9.17) is 4.18 Å². The van der Waals surface area contributed by atoms with E-state index in [2.05, 4.69) is 17.4 Å². The minimum Gasteiger partial charge on any atom is -0.389 e. The van der Waals surface area contributed by atoms with E-state index in [1.807, 2.05) is 19.1 Å². The van der Waals surface area contributed by atoms with Crippen LogP contribution in [0.5, 0.6) is 0 Å². The van der Waals surface area contributed by atoms with Crippen molar-refractivity contribution in [3.63, 3.8) is 0 Å². The molecule has 1 atom stereocenters. The Labute approximate surface area is 148 Å². The van der Waals surface area contributed by atoms with Crippen molar-refractivity contribution < 1.29 is 17.7 Å². The molecule has 0 aliphatic heterocycles. The maximum Gasteiger partial charge on any atom is 0.297 e. The third-order valence-corrected chi connectivity index (χ3v) is 5.71. The fraction of sp³-hybridized carbons (Fsp3) is 0.368. The molecule has 0 fully saturated rings. The van der Waals surface area contributed by atoms with E-state index < -0.39 is 16.2 Å². The first-order valence-electron chi connectivity index (χ1n) is 8.38. The van der Waals surface area contributed by atoms with Crippen molar-refractivity contribution in [2.75, 3.05) is 13.2 Å². The zero-order chi connectivity index (χ0) is 17.9. The molecule has 134 valence electrons. The SMILES string of the molecule is Cc1ccc(S(=O)(=O)OC[C@@H](O)CNC2Cc3ccccc3C2)cc1. The molecular weight excluding hydrogens is 338 g/mol. The Balaban J connectivity index is 1.45. The first-order valence-corrected chi connectivity index (χ1v) is 9.79. The number of rotatable bonds is 7. The zero-order valence-corrected chi connectivity index (χ0v) is 15.0. The Morgan fingerprint density at radius 1 is 1.12 bits per heavy atom. The van der Waals surface area contributed by atoms with Crippen LogP contribution >= 0.6 is 0 Å². The molecule has 2 aromatic carbocycles. The Kier molecular flexibility index (Phi) is 5.54. The second-order valence-electron chi connectivity index (χ2n) is 6.49. The Bertz CT molecular complexity index is 793. The molecule has 0 amide bonds. The average Bonchev–Trinajstić information content (AvgIpc) is 3.01. The summed E-state index contributed by atoms with van der Waals surface area (Å²) >= 11 is 0. The number of aliphatic hydroxyl groups is 1. The molecule has 5 nitrogen and oxygen atoms in total. The third kappa shape index (κ3) is 4.67. The van der Waals surface area contributed by atoms with Crippen LogP contribution in [0.4, 0.5) is 0 Å². The molecule has 2 aromatic rings. The number of benzene rings is 2. The van der Waals surface area contributed by atoms with E-state index in [1.54, 1.807) is 12.1 Å². The average molecular weight is 361 g/mol. The van der Waals surface area contributed by atoms with Crippen LogP contribution in [0.1, 0.15) is 16.7 Å². The van der Waals surface area contributed by atoms with Gasteiger partial charge in [-0.05, 0) is 43.0 Å². The highest BCUT2D eigenvalue weighted by atomic mass is 32.2. The number of aliphatic hydroxyl groups excluding tert-OH is 1. The highest BCUT2D eigenvalue weighted by Crippen LogP contribution is 2.21. The van der Waals surface area contributed by atoms with Gasteiger partial charge in [0.2, 0.25) is 0 Å². The normalized spacial score (nSPS) is 15.9. The van der Waals surface area contributed by atoms with Gasteiger partial charge >= 0.3 is 0 Å². The quantitative estimate of drug-likeness (QED) is 0.736. The molecule has 25 heavy (non-hydrogen) atoms. The third-order valence-electron chi connectivity index (χ3n) is 4.42. The van der Waals surface area contributed by atoms with Crippen LogP contribution in [-0.4, -0.2) is 38.8 Å². The number of hydrogen-bond donors (Lipinski definition) is 2. The molecule has 1 aliphatic rings. The van der Waals surface area contributed by atoms with Gasteiger partial charge in [-0.15, -0.1) is 0 Å². The summed E-state index contributed by atoms with van der Waals surface area (Å²) in [6, 6.07) is 15.0. The van der Waals surface area contributed by atoms with Gasteiger partial charge in [-0.1, -0.05) is 42.0 Å². The lowest BCUT2D eigenvalue weighted by Crippen LogP contribution is -2.38. The van der Waals surface area contributed by atoms with Gasteiger partial charge < -0.3 is 10.4 Å². The monoisotopic (exact) mass is 361 g/mol. The van der Waals surface area contributed by atoms with E-state index in [9.17, 15) is 13.5 Å². The highest BCUT2D eigenvalue weighted by molar-refractivity contribution is 7.86. The van der Waals surface area contributed by atoms with Gasteiger partial charge in [0.1, 0.15) is 0 Å². The Morgan fingerprint density at radius 3 is 2.32 bits per heavy atom. The summed E-state index contributed by atoms with van der Waals surface area (Å²) in [6.07, 6.45) is 0.959. The van der Waals surface area contributed by atoms with Crippen LogP contribution in [0.25, 0.3) is 0 Å². The molecule has 3 rings (SSSR count). The summed E-state index contributed by atoms with van der Waals surface area (Å²) < 4.78 is 29.2. The summed E-state index contributed by atoms with van der Waals surface area (Å²) in [5.74, 6) is 0. The molecule has 0 radical (unpaired) electrons. The van der Waals surface area contributed by atoms with Crippen molar-refractivity contribution in [2.24, 2.45) is 0 Å². The van der Waals surface area contributed by atoms with Crippen LogP contribution in [0.2, 0.25) is 0 Å². The largest absolute Gasteiger partial charge is 0.389 e. The zero-order valence-electron chi connectivity index (χ0n) is 14.2. The topological polar surface area (TPSA) is 75.6 Å².